The maximum Gasteiger partial charge on any atom is 0.406 e. The van der Waals surface area contributed by atoms with Crippen LogP contribution in [-0.4, -0.2) is 35.2 Å². The second-order valence-electron chi connectivity index (χ2n) is 9.61. The summed E-state index contributed by atoms with van der Waals surface area (Å²) in [5.41, 5.74) is 10.6. The standard InChI is InChI=1S/C23H31N5O4/c1-15(2)11-16-3-4-19(26-14-16)28-9-6-22(7-10-28)12-17(13-22)23(20(24)29,31-21(25)30)18-5-8-27-32-18/h3-5,8,14-15,17H,6-7,9-13H2,1-2H3,(H2,24,29)(H2,25,30). The molecular weight excluding hydrogens is 410 g/mol. The molecule has 2 aromatic heterocycles. The highest BCUT2D eigenvalue weighted by Gasteiger charge is 2.61. The largest absolute Gasteiger partial charge is 0.424 e. The molecule has 1 saturated carbocycles. The Morgan fingerprint density at radius 3 is 2.47 bits per heavy atom. The number of hydrogen-bond donors (Lipinski definition) is 2. The summed E-state index contributed by atoms with van der Waals surface area (Å²) in [5.74, 6) is 0.615. The van der Waals surface area contributed by atoms with E-state index in [0.29, 0.717) is 18.8 Å². The number of nitrogens with two attached hydrogens (primary N) is 2. The van der Waals surface area contributed by atoms with Gasteiger partial charge >= 0.3 is 6.09 Å². The zero-order chi connectivity index (χ0) is 22.9. The summed E-state index contributed by atoms with van der Waals surface area (Å²) < 4.78 is 10.5. The lowest BCUT2D eigenvalue weighted by molar-refractivity contribution is -0.165. The van der Waals surface area contributed by atoms with Gasteiger partial charge in [-0.2, -0.15) is 0 Å². The average Bonchev–Trinajstić information content (AvgIpc) is 3.25. The monoisotopic (exact) mass is 441 g/mol. The summed E-state index contributed by atoms with van der Waals surface area (Å²) in [6, 6.07) is 5.75. The lowest BCUT2D eigenvalue weighted by Crippen LogP contribution is -2.59. The van der Waals surface area contributed by atoms with Crippen molar-refractivity contribution in [1.29, 1.82) is 0 Å². The van der Waals surface area contributed by atoms with Crippen LogP contribution >= 0.6 is 0 Å². The first kappa shape index (κ1) is 22.1. The van der Waals surface area contributed by atoms with Crippen LogP contribution < -0.4 is 16.4 Å². The molecule has 1 aliphatic heterocycles. The van der Waals surface area contributed by atoms with E-state index >= 15 is 0 Å². The Morgan fingerprint density at radius 2 is 1.97 bits per heavy atom. The number of rotatable bonds is 7. The normalized spacial score (nSPS) is 20.0. The molecule has 2 aliphatic rings. The van der Waals surface area contributed by atoms with E-state index < -0.39 is 17.6 Å². The molecule has 2 amide bonds. The number of hydrogen-bond acceptors (Lipinski definition) is 7. The Labute approximate surface area is 187 Å². The number of piperidine rings is 1. The fourth-order valence-electron chi connectivity index (χ4n) is 5.36. The summed E-state index contributed by atoms with van der Waals surface area (Å²) in [4.78, 5) is 31.1. The number of ether oxygens (including phenoxy) is 1. The zero-order valence-electron chi connectivity index (χ0n) is 18.6. The maximum absolute atomic E-state index is 12.5. The van der Waals surface area contributed by atoms with E-state index in [-0.39, 0.29) is 17.1 Å². The summed E-state index contributed by atoms with van der Waals surface area (Å²) in [6.45, 7) is 6.17. The Kier molecular flexibility index (Phi) is 5.83. The third-order valence-electron chi connectivity index (χ3n) is 6.97. The third-order valence-corrected chi connectivity index (χ3v) is 6.97. The molecular formula is C23H31N5O4. The van der Waals surface area contributed by atoms with Gasteiger partial charge in [-0.05, 0) is 55.1 Å². The van der Waals surface area contributed by atoms with Crippen LogP contribution in [0, 0.1) is 17.3 Å². The maximum atomic E-state index is 12.5. The van der Waals surface area contributed by atoms with Gasteiger partial charge in [0.2, 0.25) is 0 Å². The minimum absolute atomic E-state index is 0.0699. The molecule has 1 unspecified atom stereocenters. The Bertz CT molecular complexity index is 943. The van der Waals surface area contributed by atoms with Gasteiger partial charge in [-0.25, -0.2) is 9.78 Å². The second-order valence-corrected chi connectivity index (χ2v) is 9.61. The molecule has 4 N–H and O–H groups in total. The van der Waals surface area contributed by atoms with Crippen LogP contribution in [0.3, 0.4) is 0 Å². The molecule has 1 spiro atoms. The smallest absolute Gasteiger partial charge is 0.406 e. The molecule has 1 aliphatic carbocycles. The SMILES string of the molecule is CC(C)Cc1ccc(N2CCC3(CC2)CC(C(OC(N)=O)(C(N)=O)c2ccno2)C3)nc1. The molecule has 0 aromatic carbocycles. The molecule has 0 bridgehead atoms. The van der Waals surface area contributed by atoms with Crippen molar-refractivity contribution in [3.63, 3.8) is 0 Å². The number of nitrogens with zero attached hydrogens (tertiary/aromatic N) is 3. The minimum atomic E-state index is -1.72. The lowest BCUT2D eigenvalue weighted by Gasteiger charge is -2.55. The summed E-state index contributed by atoms with van der Waals surface area (Å²) in [6.07, 6.45) is 6.63. The lowest BCUT2D eigenvalue weighted by atomic mass is 9.53. The highest BCUT2D eigenvalue weighted by atomic mass is 16.6. The van der Waals surface area contributed by atoms with E-state index in [4.69, 9.17) is 20.7 Å². The van der Waals surface area contributed by atoms with Gasteiger partial charge in [0, 0.05) is 31.3 Å². The molecule has 2 fully saturated rings. The number of primary amides is 2. The van der Waals surface area contributed by atoms with Crippen molar-refractivity contribution in [3.05, 3.63) is 41.9 Å². The molecule has 0 radical (unpaired) electrons. The topological polar surface area (TPSA) is 138 Å². The first-order valence-corrected chi connectivity index (χ1v) is 11.1. The van der Waals surface area contributed by atoms with Crippen molar-refractivity contribution in [2.24, 2.45) is 28.7 Å². The number of carbonyl (C=O) groups excluding carboxylic acids is 2. The molecule has 172 valence electrons. The third kappa shape index (κ3) is 4.03. The van der Waals surface area contributed by atoms with Crippen molar-refractivity contribution in [2.45, 2.75) is 51.6 Å². The number of aromatic nitrogens is 2. The van der Waals surface area contributed by atoms with Crippen molar-refractivity contribution < 1.29 is 18.8 Å². The molecule has 3 heterocycles. The minimum Gasteiger partial charge on any atom is -0.424 e. The fraction of sp³-hybridized carbons (Fsp3) is 0.565. The van der Waals surface area contributed by atoms with E-state index in [1.54, 1.807) is 0 Å². The van der Waals surface area contributed by atoms with Crippen LogP contribution in [0.25, 0.3) is 0 Å². The Balaban J connectivity index is 1.42. The van der Waals surface area contributed by atoms with Gasteiger partial charge in [0.05, 0.1) is 6.20 Å². The van der Waals surface area contributed by atoms with Crippen LogP contribution in [0.4, 0.5) is 10.6 Å². The fourth-order valence-corrected chi connectivity index (χ4v) is 5.36. The average molecular weight is 442 g/mol. The summed E-state index contributed by atoms with van der Waals surface area (Å²) in [5, 5.41) is 3.66. The van der Waals surface area contributed by atoms with Crippen LogP contribution in [0.15, 0.2) is 35.1 Å². The highest BCUT2D eigenvalue weighted by molar-refractivity contribution is 5.87. The van der Waals surface area contributed by atoms with Gasteiger partial charge in [-0.15, -0.1) is 0 Å². The first-order valence-electron chi connectivity index (χ1n) is 11.1. The van der Waals surface area contributed by atoms with Crippen LogP contribution in [0.1, 0.15) is 50.9 Å². The van der Waals surface area contributed by atoms with E-state index in [9.17, 15) is 9.59 Å². The van der Waals surface area contributed by atoms with Crippen LogP contribution in [-0.2, 0) is 21.6 Å². The molecule has 2 aromatic rings. The number of anilines is 1. The first-order chi connectivity index (χ1) is 15.2. The van der Waals surface area contributed by atoms with Crippen molar-refractivity contribution >= 4 is 17.8 Å². The van der Waals surface area contributed by atoms with Gasteiger partial charge < -0.3 is 25.6 Å². The number of pyridine rings is 1. The van der Waals surface area contributed by atoms with Crippen molar-refractivity contribution in [3.8, 4) is 0 Å². The van der Waals surface area contributed by atoms with E-state index in [1.165, 1.54) is 17.8 Å². The molecule has 4 rings (SSSR count). The molecule has 9 nitrogen and oxygen atoms in total. The predicted octanol–water partition coefficient (Wildman–Crippen LogP) is 2.74. The molecule has 32 heavy (non-hydrogen) atoms. The number of amides is 2. The second kappa shape index (κ2) is 8.44. The van der Waals surface area contributed by atoms with Crippen LogP contribution in [0.5, 0.6) is 0 Å². The predicted molar refractivity (Wildman–Crippen MR) is 117 cm³/mol. The van der Waals surface area contributed by atoms with Crippen molar-refractivity contribution in [1.82, 2.24) is 10.1 Å². The van der Waals surface area contributed by atoms with E-state index in [2.05, 4.69) is 41.0 Å². The van der Waals surface area contributed by atoms with Crippen LogP contribution in [0.2, 0.25) is 0 Å². The zero-order valence-corrected chi connectivity index (χ0v) is 18.6. The van der Waals surface area contributed by atoms with Gasteiger partial charge in [0.1, 0.15) is 5.82 Å². The van der Waals surface area contributed by atoms with Gasteiger partial charge in [0.15, 0.2) is 5.76 Å². The van der Waals surface area contributed by atoms with Gasteiger partial charge in [-0.1, -0.05) is 25.1 Å². The molecule has 1 saturated heterocycles. The summed E-state index contributed by atoms with van der Waals surface area (Å²) in [7, 11) is 0. The quantitative estimate of drug-likeness (QED) is 0.674. The van der Waals surface area contributed by atoms with Gasteiger partial charge in [-0.3, -0.25) is 4.79 Å². The van der Waals surface area contributed by atoms with E-state index in [0.717, 1.165) is 38.2 Å². The molecule has 9 heteroatoms. The summed E-state index contributed by atoms with van der Waals surface area (Å²) >= 11 is 0. The highest BCUT2D eigenvalue weighted by Crippen LogP contribution is 2.59. The van der Waals surface area contributed by atoms with E-state index in [1.807, 2.05) is 6.20 Å². The Hall–Kier alpha value is -3.10. The molecule has 1 atom stereocenters. The number of carbonyl (C=O) groups is 2. The van der Waals surface area contributed by atoms with Crippen molar-refractivity contribution in [2.75, 3.05) is 18.0 Å². The Morgan fingerprint density at radius 1 is 1.25 bits per heavy atom. The van der Waals surface area contributed by atoms with Gasteiger partial charge in [0.25, 0.3) is 11.5 Å².